The van der Waals surface area contributed by atoms with Crippen molar-refractivity contribution < 1.29 is 13.9 Å². The van der Waals surface area contributed by atoms with E-state index in [1.165, 1.54) is 36.6 Å². The molecule has 1 N–H and O–H groups in total. The van der Waals surface area contributed by atoms with Crippen molar-refractivity contribution in [2.75, 3.05) is 7.11 Å². The van der Waals surface area contributed by atoms with E-state index in [0.717, 1.165) is 0 Å². The van der Waals surface area contributed by atoms with Crippen molar-refractivity contribution in [3.63, 3.8) is 0 Å². The van der Waals surface area contributed by atoms with Gasteiger partial charge in [-0.15, -0.1) is 0 Å². The Labute approximate surface area is 156 Å². The summed E-state index contributed by atoms with van der Waals surface area (Å²) in [5.74, 6) is -0.478. The number of rotatable bonds is 3. The molecular formula is C21H18FN3O2. The molecule has 1 aliphatic rings. The fourth-order valence-corrected chi connectivity index (χ4v) is 3.34. The fraction of sp³-hybridized carbons (Fsp3) is 0.190. The fourth-order valence-electron chi connectivity index (χ4n) is 3.34. The van der Waals surface area contributed by atoms with Gasteiger partial charge in [0, 0.05) is 18.3 Å². The standard InChI is InChI=1S/C21H18FN3O2/c1-27-21(26)17-12-24-20(14-7-4-8-16(22)9-14)25-19(17)18-10-13-5-2-3-6-15(13)11-23-18/h2-9,12,18,23H,10-11H2,1H3. The van der Waals surface area contributed by atoms with E-state index < -0.39 is 5.97 Å². The Morgan fingerprint density at radius 2 is 2.00 bits per heavy atom. The van der Waals surface area contributed by atoms with Crippen LogP contribution in [0.15, 0.2) is 54.7 Å². The maximum Gasteiger partial charge on any atom is 0.341 e. The van der Waals surface area contributed by atoms with E-state index in [2.05, 4.69) is 27.4 Å². The number of ether oxygens (including phenoxy) is 1. The molecule has 27 heavy (non-hydrogen) atoms. The van der Waals surface area contributed by atoms with Crippen LogP contribution in [0.3, 0.4) is 0 Å². The molecule has 0 saturated carbocycles. The largest absolute Gasteiger partial charge is 0.465 e. The molecule has 5 nitrogen and oxygen atoms in total. The number of nitrogens with one attached hydrogen (secondary N) is 1. The zero-order valence-corrected chi connectivity index (χ0v) is 14.8. The monoisotopic (exact) mass is 363 g/mol. The van der Waals surface area contributed by atoms with Gasteiger partial charge in [0.15, 0.2) is 5.82 Å². The number of carbonyl (C=O) groups excluding carboxylic acids is 1. The number of hydrogen-bond acceptors (Lipinski definition) is 5. The van der Waals surface area contributed by atoms with E-state index in [4.69, 9.17) is 4.74 Å². The zero-order chi connectivity index (χ0) is 18.8. The van der Waals surface area contributed by atoms with Gasteiger partial charge in [-0.05, 0) is 29.7 Å². The highest BCUT2D eigenvalue weighted by Crippen LogP contribution is 2.28. The van der Waals surface area contributed by atoms with E-state index in [9.17, 15) is 9.18 Å². The number of methoxy groups -OCH3 is 1. The van der Waals surface area contributed by atoms with Crippen LogP contribution >= 0.6 is 0 Å². The van der Waals surface area contributed by atoms with Crippen molar-refractivity contribution in [1.29, 1.82) is 0 Å². The summed E-state index contributed by atoms with van der Waals surface area (Å²) in [6.45, 7) is 0.681. The predicted molar refractivity (Wildman–Crippen MR) is 98.5 cm³/mol. The average molecular weight is 363 g/mol. The highest BCUT2D eigenvalue weighted by Gasteiger charge is 2.26. The molecule has 0 aliphatic carbocycles. The van der Waals surface area contributed by atoms with Gasteiger partial charge < -0.3 is 10.1 Å². The molecule has 0 bridgehead atoms. The molecule has 1 aromatic heterocycles. The molecule has 0 radical (unpaired) electrons. The van der Waals surface area contributed by atoms with Crippen LogP contribution in [0.5, 0.6) is 0 Å². The van der Waals surface area contributed by atoms with Crippen molar-refractivity contribution in [2.24, 2.45) is 0 Å². The summed E-state index contributed by atoms with van der Waals surface area (Å²) in [5, 5.41) is 3.43. The summed E-state index contributed by atoms with van der Waals surface area (Å²) in [4.78, 5) is 21.1. The molecule has 1 aliphatic heterocycles. The van der Waals surface area contributed by atoms with Crippen LogP contribution in [-0.2, 0) is 17.7 Å². The third kappa shape index (κ3) is 3.44. The minimum atomic E-state index is -0.489. The van der Waals surface area contributed by atoms with Gasteiger partial charge in [0.05, 0.1) is 18.8 Å². The van der Waals surface area contributed by atoms with Gasteiger partial charge >= 0.3 is 5.97 Å². The SMILES string of the molecule is COC(=O)c1cnc(-c2cccc(F)c2)nc1C1Cc2ccccc2CN1. The molecule has 136 valence electrons. The van der Waals surface area contributed by atoms with E-state index in [1.54, 1.807) is 12.1 Å². The Balaban J connectivity index is 1.77. The van der Waals surface area contributed by atoms with Crippen molar-refractivity contribution in [2.45, 2.75) is 19.0 Å². The lowest BCUT2D eigenvalue weighted by Crippen LogP contribution is -2.31. The molecule has 1 unspecified atom stereocenters. The van der Waals surface area contributed by atoms with Crippen LogP contribution in [0.25, 0.3) is 11.4 Å². The molecule has 0 saturated heterocycles. The Morgan fingerprint density at radius 1 is 1.19 bits per heavy atom. The number of nitrogens with zero attached hydrogens (tertiary/aromatic N) is 2. The topological polar surface area (TPSA) is 64.1 Å². The molecule has 6 heteroatoms. The van der Waals surface area contributed by atoms with Crippen LogP contribution in [0.1, 0.15) is 33.2 Å². The maximum atomic E-state index is 13.6. The molecule has 0 amide bonds. The number of benzene rings is 2. The predicted octanol–water partition coefficient (Wildman–Crippen LogP) is 3.46. The van der Waals surface area contributed by atoms with Crippen LogP contribution in [0.2, 0.25) is 0 Å². The van der Waals surface area contributed by atoms with Gasteiger partial charge in [0.25, 0.3) is 0 Å². The Morgan fingerprint density at radius 3 is 2.78 bits per heavy atom. The molecular weight excluding hydrogens is 345 g/mol. The number of hydrogen-bond donors (Lipinski definition) is 1. The summed E-state index contributed by atoms with van der Waals surface area (Å²) < 4.78 is 18.5. The van der Waals surface area contributed by atoms with Gasteiger partial charge in [-0.1, -0.05) is 36.4 Å². The first-order valence-corrected chi connectivity index (χ1v) is 8.67. The summed E-state index contributed by atoms with van der Waals surface area (Å²) in [7, 11) is 1.33. The lowest BCUT2D eigenvalue weighted by Gasteiger charge is -2.27. The van der Waals surface area contributed by atoms with E-state index in [1.807, 2.05) is 12.1 Å². The van der Waals surface area contributed by atoms with E-state index in [-0.39, 0.29) is 11.9 Å². The first-order valence-electron chi connectivity index (χ1n) is 8.67. The van der Waals surface area contributed by atoms with Crippen LogP contribution in [0, 0.1) is 5.82 Å². The molecule has 3 aromatic rings. The highest BCUT2D eigenvalue weighted by molar-refractivity contribution is 5.90. The summed E-state index contributed by atoms with van der Waals surface area (Å²) in [6.07, 6.45) is 2.15. The summed E-state index contributed by atoms with van der Waals surface area (Å²) >= 11 is 0. The van der Waals surface area contributed by atoms with E-state index in [0.29, 0.717) is 35.6 Å². The van der Waals surface area contributed by atoms with Crippen LogP contribution < -0.4 is 5.32 Å². The maximum absolute atomic E-state index is 13.6. The Bertz CT molecular complexity index is 1010. The van der Waals surface area contributed by atoms with Gasteiger partial charge in [-0.3, -0.25) is 0 Å². The summed E-state index contributed by atoms with van der Waals surface area (Å²) in [5.41, 5.74) is 3.87. The first kappa shape index (κ1) is 17.3. The van der Waals surface area contributed by atoms with E-state index >= 15 is 0 Å². The summed E-state index contributed by atoms with van der Waals surface area (Å²) in [6, 6.07) is 14.1. The lowest BCUT2D eigenvalue weighted by molar-refractivity contribution is 0.0597. The number of aromatic nitrogens is 2. The van der Waals surface area contributed by atoms with Crippen molar-refractivity contribution >= 4 is 5.97 Å². The quantitative estimate of drug-likeness (QED) is 0.722. The number of carbonyl (C=O) groups is 1. The zero-order valence-electron chi connectivity index (χ0n) is 14.8. The molecule has 0 fully saturated rings. The average Bonchev–Trinajstić information content (AvgIpc) is 2.72. The van der Waals surface area contributed by atoms with Crippen molar-refractivity contribution in [3.8, 4) is 11.4 Å². The minimum absolute atomic E-state index is 0.163. The normalized spacial score (nSPS) is 15.9. The highest BCUT2D eigenvalue weighted by atomic mass is 19.1. The van der Waals surface area contributed by atoms with Crippen LogP contribution in [0.4, 0.5) is 4.39 Å². The third-order valence-corrected chi connectivity index (χ3v) is 4.72. The second kappa shape index (κ2) is 7.25. The van der Waals surface area contributed by atoms with Gasteiger partial charge in [-0.2, -0.15) is 0 Å². The molecule has 1 atom stereocenters. The Kier molecular flexibility index (Phi) is 4.64. The minimum Gasteiger partial charge on any atom is -0.465 e. The second-order valence-corrected chi connectivity index (χ2v) is 6.40. The molecule has 2 heterocycles. The van der Waals surface area contributed by atoms with Crippen LogP contribution in [-0.4, -0.2) is 23.0 Å². The lowest BCUT2D eigenvalue weighted by atomic mass is 9.92. The first-order chi connectivity index (χ1) is 13.2. The van der Waals surface area contributed by atoms with Gasteiger partial charge in [0.1, 0.15) is 11.4 Å². The number of halogens is 1. The second-order valence-electron chi connectivity index (χ2n) is 6.40. The molecule has 4 rings (SSSR count). The third-order valence-electron chi connectivity index (χ3n) is 4.72. The Hall–Kier alpha value is -3.12. The number of fused-ring (bicyclic) bond motifs is 1. The van der Waals surface area contributed by atoms with Gasteiger partial charge in [-0.25, -0.2) is 19.2 Å². The van der Waals surface area contributed by atoms with Crippen molar-refractivity contribution in [3.05, 3.63) is 82.9 Å². The molecule has 2 aromatic carbocycles. The molecule has 0 spiro atoms. The van der Waals surface area contributed by atoms with Crippen molar-refractivity contribution in [1.82, 2.24) is 15.3 Å². The smallest absolute Gasteiger partial charge is 0.341 e. The van der Waals surface area contributed by atoms with Gasteiger partial charge in [0.2, 0.25) is 0 Å². The number of esters is 1.